The van der Waals surface area contributed by atoms with E-state index in [0.717, 1.165) is 11.6 Å². The predicted molar refractivity (Wildman–Crippen MR) is 92.1 cm³/mol. The molecular weight excluding hydrogens is 323 g/mol. The molecule has 0 aliphatic carbocycles. The van der Waals surface area contributed by atoms with E-state index < -0.39 is 0 Å². The van der Waals surface area contributed by atoms with Crippen LogP contribution in [0.25, 0.3) is 0 Å². The van der Waals surface area contributed by atoms with Crippen molar-refractivity contribution in [3.8, 4) is 0 Å². The molecule has 118 valence electrons. The summed E-state index contributed by atoms with van der Waals surface area (Å²) in [5.74, 6) is 0.602. The number of halogens is 2. The van der Waals surface area contributed by atoms with Crippen LogP contribution >= 0.6 is 23.7 Å². The lowest BCUT2D eigenvalue weighted by molar-refractivity contribution is 0.186. The first-order valence-corrected chi connectivity index (χ1v) is 7.53. The molecule has 0 bridgehead atoms. The Morgan fingerprint density at radius 1 is 1.18 bits per heavy atom. The Balaban J connectivity index is 0.00000176. The highest BCUT2D eigenvalue weighted by Crippen LogP contribution is 2.32. The second kappa shape index (κ2) is 6.54. The predicted octanol–water partition coefficient (Wildman–Crippen LogP) is 3.59. The Morgan fingerprint density at radius 3 is 2.45 bits per heavy atom. The smallest absolute Gasteiger partial charge is 0.225 e. The molecule has 0 saturated carbocycles. The summed E-state index contributed by atoms with van der Waals surface area (Å²) >= 11 is 1.71. The minimum atomic E-state index is -0.234. The van der Waals surface area contributed by atoms with E-state index in [1.54, 1.807) is 23.5 Å². The minimum Gasteiger partial charge on any atom is -0.318 e. The molecule has 1 aliphatic rings. The fraction of sp³-hybridized carbons (Fsp3) is 0.267. The summed E-state index contributed by atoms with van der Waals surface area (Å²) in [6.07, 6.45) is 0.0999. The Morgan fingerprint density at radius 2 is 1.86 bits per heavy atom. The lowest BCUT2D eigenvalue weighted by atomic mass is 10.3. The van der Waals surface area contributed by atoms with Crippen molar-refractivity contribution < 1.29 is 4.39 Å². The molecule has 1 unspecified atom stereocenters. The zero-order valence-corrected chi connectivity index (χ0v) is 14.2. The molecule has 1 aromatic carbocycles. The van der Waals surface area contributed by atoms with Gasteiger partial charge in [-0.25, -0.2) is 4.39 Å². The number of hydrazone groups is 1. The van der Waals surface area contributed by atoms with Crippen LogP contribution < -0.4 is 4.90 Å². The third-order valence-electron chi connectivity index (χ3n) is 3.60. The Kier molecular flexibility index (Phi) is 4.93. The molecule has 0 radical (unpaired) electrons. The molecule has 0 N–H and O–H groups in total. The molecule has 1 aromatic heterocycles. The number of anilines is 1. The summed E-state index contributed by atoms with van der Waals surface area (Å²) in [5.41, 5.74) is 0.905. The number of nitrogens with zero attached hydrogens (tertiary/aromatic N) is 4. The van der Waals surface area contributed by atoms with Crippen molar-refractivity contribution in [2.75, 3.05) is 26.0 Å². The number of hydrogen-bond donors (Lipinski definition) is 0. The molecule has 3 rings (SSSR count). The van der Waals surface area contributed by atoms with Gasteiger partial charge in [0.2, 0.25) is 5.96 Å². The largest absolute Gasteiger partial charge is 0.318 e. The quantitative estimate of drug-likeness (QED) is 0.834. The summed E-state index contributed by atoms with van der Waals surface area (Å²) in [5, 5.41) is 8.63. The van der Waals surface area contributed by atoms with E-state index in [4.69, 9.17) is 0 Å². The number of hydrogen-bond acceptors (Lipinski definition) is 5. The first-order chi connectivity index (χ1) is 10.1. The van der Waals surface area contributed by atoms with Gasteiger partial charge in [-0.05, 0) is 35.7 Å². The van der Waals surface area contributed by atoms with Crippen LogP contribution in [0.1, 0.15) is 11.0 Å². The Hall–Kier alpha value is -1.79. The number of guanidine groups is 1. The zero-order valence-electron chi connectivity index (χ0n) is 12.6. The van der Waals surface area contributed by atoms with Crippen LogP contribution in [-0.4, -0.2) is 37.0 Å². The van der Waals surface area contributed by atoms with Gasteiger partial charge in [0.25, 0.3) is 0 Å². The molecular formula is C15H18ClFN4S. The van der Waals surface area contributed by atoms with E-state index in [-0.39, 0.29) is 24.4 Å². The van der Waals surface area contributed by atoms with Crippen molar-refractivity contribution in [3.63, 3.8) is 0 Å². The summed E-state index contributed by atoms with van der Waals surface area (Å²) in [6.45, 7) is 0. The lowest BCUT2D eigenvalue weighted by Crippen LogP contribution is -2.39. The normalized spacial score (nSPS) is 17.3. The third-order valence-corrected chi connectivity index (χ3v) is 4.51. The van der Waals surface area contributed by atoms with E-state index in [1.807, 2.05) is 37.1 Å². The van der Waals surface area contributed by atoms with Crippen molar-refractivity contribution in [1.82, 2.24) is 9.91 Å². The number of rotatable bonds is 2. The summed E-state index contributed by atoms with van der Waals surface area (Å²) in [4.78, 5) is 5.32. The standard InChI is InChI=1S/C15H17FN4S.ClH/c1-18(12-8-6-11(16)7-9-12)15-17-20(3)14(19(15)2)13-5-4-10-21-13;/h4-10,14H,1-3H3;1H. The molecule has 0 saturated heterocycles. The molecule has 1 atom stereocenters. The van der Waals surface area contributed by atoms with Gasteiger partial charge in [-0.3, -0.25) is 5.01 Å². The van der Waals surface area contributed by atoms with E-state index in [1.165, 1.54) is 17.0 Å². The van der Waals surface area contributed by atoms with Crippen LogP contribution in [0.2, 0.25) is 0 Å². The topological polar surface area (TPSA) is 22.1 Å². The van der Waals surface area contributed by atoms with Crippen molar-refractivity contribution >= 4 is 35.4 Å². The van der Waals surface area contributed by atoms with Crippen molar-refractivity contribution in [3.05, 3.63) is 52.5 Å². The van der Waals surface area contributed by atoms with E-state index >= 15 is 0 Å². The molecule has 0 fully saturated rings. The van der Waals surface area contributed by atoms with E-state index in [0.29, 0.717) is 0 Å². The second-order valence-electron chi connectivity index (χ2n) is 5.01. The lowest BCUT2D eigenvalue weighted by Gasteiger charge is -2.29. The summed E-state index contributed by atoms with van der Waals surface area (Å²) in [6, 6.07) is 10.6. The molecule has 22 heavy (non-hydrogen) atoms. The van der Waals surface area contributed by atoms with Crippen LogP contribution in [0, 0.1) is 5.82 Å². The van der Waals surface area contributed by atoms with Gasteiger partial charge in [-0.2, -0.15) is 0 Å². The monoisotopic (exact) mass is 340 g/mol. The maximum absolute atomic E-state index is 13.0. The SMILES string of the molecule is CN(C1=NN(C)C(c2cccs2)N1C)c1ccc(F)cc1.Cl. The van der Waals surface area contributed by atoms with Gasteiger partial charge in [0.05, 0.1) is 0 Å². The van der Waals surface area contributed by atoms with Crippen LogP contribution in [0.15, 0.2) is 46.9 Å². The average molecular weight is 341 g/mol. The van der Waals surface area contributed by atoms with Crippen molar-refractivity contribution in [2.24, 2.45) is 5.10 Å². The van der Waals surface area contributed by atoms with Gasteiger partial charge >= 0.3 is 0 Å². The highest BCUT2D eigenvalue weighted by atomic mass is 35.5. The molecule has 2 aromatic rings. The van der Waals surface area contributed by atoms with E-state index in [9.17, 15) is 4.39 Å². The first-order valence-electron chi connectivity index (χ1n) is 6.65. The van der Waals surface area contributed by atoms with Crippen LogP contribution in [-0.2, 0) is 0 Å². The number of thiophene rings is 1. The fourth-order valence-corrected chi connectivity index (χ4v) is 3.43. The zero-order chi connectivity index (χ0) is 15.0. The maximum atomic E-state index is 13.0. The second-order valence-corrected chi connectivity index (χ2v) is 5.99. The van der Waals surface area contributed by atoms with Gasteiger partial charge in [0.15, 0.2) is 6.17 Å². The molecule has 2 heterocycles. The van der Waals surface area contributed by atoms with Gasteiger partial charge in [0.1, 0.15) is 5.82 Å². The van der Waals surface area contributed by atoms with Crippen LogP contribution in [0.5, 0.6) is 0 Å². The van der Waals surface area contributed by atoms with E-state index in [2.05, 4.69) is 21.4 Å². The van der Waals surface area contributed by atoms with Crippen molar-refractivity contribution in [2.45, 2.75) is 6.17 Å². The van der Waals surface area contributed by atoms with Crippen LogP contribution in [0.4, 0.5) is 10.1 Å². The number of benzene rings is 1. The molecule has 7 heteroatoms. The summed E-state index contributed by atoms with van der Waals surface area (Å²) < 4.78 is 13.0. The van der Waals surface area contributed by atoms with Gasteiger partial charge < -0.3 is 9.80 Å². The Labute approximate surface area is 139 Å². The highest BCUT2D eigenvalue weighted by Gasteiger charge is 2.33. The van der Waals surface area contributed by atoms with Gasteiger partial charge in [-0.1, -0.05) is 6.07 Å². The molecule has 0 amide bonds. The Bertz CT molecular complexity index is 644. The average Bonchev–Trinajstić information content (AvgIpc) is 3.07. The van der Waals surface area contributed by atoms with Gasteiger partial charge in [-0.15, -0.1) is 28.8 Å². The fourth-order valence-electron chi connectivity index (χ4n) is 2.52. The third kappa shape index (κ3) is 2.89. The molecule has 4 nitrogen and oxygen atoms in total. The van der Waals surface area contributed by atoms with Crippen molar-refractivity contribution in [1.29, 1.82) is 0 Å². The minimum absolute atomic E-state index is 0. The van der Waals surface area contributed by atoms with Gasteiger partial charge in [0, 0.05) is 31.7 Å². The van der Waals surface area contributed by atoms with Crippen LogP contribution in [0.3, 0.4) is 0 Å². The molecule has 1 aliphatic heterocycles. The summed E-state index contributed by atoms with van der Waals surface area (Å²) in [7, 11) is 5.92. The highest BCUT2D eigenvalue weighted by molar-refractivity contribution is 7.10. The molecule has 0 spiro atoms. The maximum Gasteiger partial charge on any atom is 0.225 e. The first kappa shape index (κ1) is 16.6.